The van der Waals surface area contributed by atoms with Crippen LogP contribution in [0.3, 0.4) is 0 Å². The summed E-state index contributed by atoms with van der Waals surface area (Å²) in [6.07, 6.45) is 0.433. The molecule has 1 rings (SSSR count). The number of carbonyl (C=O) groups excluding carboxylic acids is 1. The molecule has 0 atom stereocenters. The smallest absolute Gasteiger partial charge is 0.303 e. The Kier molecular flexibility index (Phi) is 6.36. The van der Waals surface area contributed by atoms with E-state index in [2.05, 4.69) is 5.32 Å². The molecule has 2 N–H and O–H groups in total. The van der Waals surface area contributed by atoms with E-state index >= 15 is 0 Å². The standard InChI is InChI=1S/C14H19NO5/c1-3-20-12-9-10(6-7-11(12)19-2)14(18)15-8-4-5-13(16)17/h6-7,9H,3-5,8H2,1-2H3,(H,15,18)(H,16,17). The fourth-order valence-electron chi connectivity index (χ4n) is 1.63. The molecule has 1 aromatic rings. The van der Waals surface area contributed by atoms with Gasteiger partial charge in [0.05, 0.1) is 13.7 Å². The SMILES string of the molecule is CCOc1cc(C(=O)NCCCC(=O)O)ccc1OC. The number of carboxylic acids is 1. The summed E-state index contributed by atoms with van der Waals surface area (Å²) in [6.45, 7) is 2.64. The Morgan fingerprint density at radius 2 is 2.05 bits per heavy atom. The summed E-state index contributed by atoms with van der Waals surface area (Å²) in [6, 6.07) is 4.90. The molecule has 0 aromatic heterocycles. The lowest BCUT2D eigenvalue weighted by Crippen LogP contribution is -2.24. The number of amides is 1. The van der Waals surface area contributed by atoms with Crippen molar-refractivity contribution in [2.24, 2.45) is 0 Å². The van der Waals surface area contributed by atoms with Crippen molar-refractivity contribution in [1.82, 2.24) is 5.32 Å². The molecule has 0 spiro atoms. The summed E-state index contributed by atoms with van der Waals surface area (Å²) in [7, 11) is 1.53. The van der Waals surface area contributed by atoms with Crippen LogP contribution in [-0.4, -0.2) is 37.2 Å². The maximum atomic E-state index is 11.9. The molecule has 0 aliphatic carbocycles. The molecule has 1 aromatic carbocycles. The third kappa shape index (κ3) is 4.79. The number of ether oxygens (including phenoxy) is 2. The van der Waals surface area contributed by atoms with Crippen molar-refractivity contribution in [1.29, 1.82) is 0 Å². The normalized spacial score (nSPS) is 9.90. The van der Waals surface area contributed by atoms with Gasteiger partial charge in [-0.3, -0.25) is 9.59 Å². The minimum atomic E-state index is -0.873. The van der Waals surface area contributed by atoms with Gasteiger partial charge in [0.25, 0.3) is 5.91 Å². The summed E-state index contributed by atoms with van der Waals surface area (Å²) in [5, 5.41) is 11.2. The van der Waals surface area contributed by atoms with Crippen LogP contribution in [0.4, 0.5) is 0 Å². The van der Waals surface area contributed by atoms with E-state index < -0.39 is 5.97 Å². The number of rotatable bonds is 8. The number of aliphatic carboxylic acids is 1. The van der Waals surface area contributed by atoms with Gasteiger partial charge in [0, 0.05) is 18.5 Å². The zero-order valence-corrected chi connectivity index (χ0v) is 11.6. The number of methoxy groups -OCH3 is 1. The second kappa shape index (κ2) is 8.04. The quantitative estimate of drug-likeness (QED) is 0.708. The van der Waals surface area contributed by atoms with Gasteiger partial charge in [0.15, 0.2) is 11.5 Å². The lowest BCUT2D eigenvalue weighted by molar-refractivity contribution is -0.137. The average Bonchev–Trinajstić information content (AvgIpc) is 2.43. The number of hydrogen-bond acceptors (Lipinski definition) is 4. The second-order valence-corrected chi connectivity index (χ2v) is 4.05. The fraction of sp³-hybridized carbons (Fsp3) is 0.429. The molecule has 6 heteroatoms. The highest BCUT2D eigenvalue weighted by Gasteiger charge is 2.10. The highest BCUT2D eigenvalue weighted by molar-refractivity contribution is 5.94. The van der Waals surface area contributed by atoms with Crippen molar-refractivity contribution in [3.05, 3.63) is 23.8 Å². The Bertz CT molecular complexity index is 473. The molecule has 6 nitrogen and oxygen atoms in total. The maximum absolute atomic E-state index is 11.9. The van der Waals surface area contributed by atoms with Crippen LogP contribution < -0.4 is 14.8 Å². The number of carboxylic acid groups (broad SMARTS) is 1. The van der Waals surface area contributed by atoms with Crippen LogP contribution in [0.25, 0.3) is 0 Å². The largest absolute Gasteiger partial charge is 0.493 e. The summed E-state index contributed by atoms with van der Waals surface area (Å²) < 4.78 is 10.5. The van der Waals surface area contributed by atoms with Crippen molar-refractivity contribution in [2.45, 2.75) is 19.8 Å². The van der Waals surface area contributed by atoms with E-state index in [1.54, 1.807) is 18.2 Å². The molecule has 20 heavy (non-hydrogen) atoms. The predicted octanol–water partition coefficient (Wildman–Crippen LogP) is 1.69. The number of benzene rings is 1. The van der Waals surface area contributed by atoms with Gasteiger partial charge in [-0.25, -0.2) is 0 Å². The topological polar surface area (TPSA) is 84.9 Å². The Labute approximate surface area is 117 Å². The molecule has 0 saturated carbocycles. The molecule has 110 valence electrons. The molecule has 0 aliphatic rings. The van der Waals surface area contributed by atoms with Gasteiger partial charge in [0.2, 0.25) is 0 Å². The minimum absolute atomic E-state index is 0.0348. The van der Waals surface area contributed by atoms with E-state index in [4.69, 9.17) is 14.6 Å². The van der Waals surface area contributed by atoms with Gasteiger partial charge in [0.1, 0.15) is 0 Å². The third-order valence-electron chi connectivity index (χ3n) is 2.58. The van der Waals surface area contributed by atoms with Crippen LogP contribution in [0, 0.1) is 0 Å². The van der Waals surface area contributed by atoms with Gasteiger partial charge in [-0.2, -0.15) is 0 Å². The zero-order valence-electron chi connectivity index (χ0n) is 11.6. The van der Waals surface area contributed by atoms with Crippen LogP contribution in [0.2, 0.25) is 0 Å². The van der Waals surface area contributed by atoms with Gasteiger partial charge in [-0.1, -0.05) is 0 Å². The number of nitrogens with one attached hydrogen (secondary N) is 1. The Morgan fingerprint density at radius 3 is 2.65 bits per heavy atom. The molecule has 1 amide bonds. The maximum Gasteiger partial charge on any atom is 0.303 e. The molecule has 0 heterocycles. The first-order chi connectivity index (χ1) is 9.58. The molecule has 0 unspecified atom stereocenters. The highest BCUT2D eigenvalue weighted by Crippen LogP contribution is 2.27. The summed E-state index contributed by atoms with van der Waals surface area (Å²) in [5.41, 5.74) is 0.449. The van der Waals surface area contributed by atoms with Gasteiger partial charge < -0.3 is 19.9 Å². The Morgan fingerprint density at radius 1 is 1.30 bits per heavy atom. The van der Waals surface area contributed by atoms with Crippen molar-refractivity contribution in [2.75, 3.05) is 20.3 Å². The summed E-state index contributed by atoms with van der Waals surface area (Å²) >= 11 is 0. The number of hydrogen-bond donors (Lipinski definition) is 2. The van der Waals surface area contributed by atoms with Crippen molar-refractivity contribution in [3.63, 3.8) is 0 Å². The predicted molar refractivity (Wildman–Crippen MR) is 73.4 cm³/mol. The van der Waals surface area contributed by atoms with E-state index in [0.29, 0.717) is 36.6 Å². The van der Waals surface area contributed by atoms with Crippen molar-refractivity contribution in [3.8, 4) is 11.5 Å². The van der Waals surface area contributed by atoms with Crippen molar-refractivity contribution < 1.29 is 24.2 Å². The Hall–Kier alpha value is -2.24. The van der Waals surface area contributed by atoms with E-state index in [9.17, 15) is 9.59 Å². The molecular formula is C14H19NO5. The first kappa shape index (κ1) is 15.8. The van der Waals surface area contributed by atoms with Crippen LogP contribution in [0.5, 0.6) is 11.5 Å². The van der Waals surface area contributed by atoms with Gasteiger partial charge >= 0.3 is 5.97 Å². The van der Waals surface area contributed by atoms with Gasteiger partial charge in [-0.15, -0.1) is 0 Å². The Balaban J connectivity index is 2.63. The third-order valence-corrected chi connectivity index (χ3v) is 2.58. The fourth-order valence-corrected chi connectivity index (χ4v) is 1.63. The van der Waals surface area contributed by atoms with Crippen LogP contribution >= 0.6 is 0 Å². The van der Waals surface area contributed by atoms with E-state index in [1.807, 2.05) is 6.92 Å². The van der Waals surface area contributed by atoms with E-state index in [-0.39, 0.29) is 12.3 Å². The second-order valence-electron chi connectivity index (χ2n) is 4.05. The van der Waals surface area contributed by atoms with Crippen molar-refractivity contribution >= 4 is 11.9 Å². The monoisotopic (exact) mass is 281 g/mol. The average molecular weight is 281 g/mol. The molecule has 0 radical (unpaired) electrons. The first-order valence-electron chi connectivity index (χ1n) is 6.39. The van der Waals surface area contributed by atoms with E-state index in [0.717, 1.165) is 0 Å². The number of carbonyl (C=O) groups is 2. The van der Waals surface area contributed by atoms with Gasteiger partial charge in [-0.05, 0) is 31.5 Å². The molecular weight excluding hydrogens is 262 g/mol. The summed E-state index contributed by atoms with van der Waals surface area (Å²) in [5.74, 6) is -0.0659. The minimum Gasteiger partial charge on any atom is -0.493 e. The zero-order chi connectivity index (χ0) is 15.0. The first-order valence-corrected chi connectivity index (χ1v) is 6.39. The van der Waals surface area contributed by atoms with Crippen LogP contribution in [0.15, 0.2) is 18.2 Å². The lowest BCUT2D eigenvalue weighted by atomic mass is 10.2. The highest BCUT2D eigenvalue weighted by atomic mass is 16.5. The molecule has 0 fully saturated rings. The van der Waals surface area contributed by atoms with Crippen LogP contribution in [-0.2, 0) is 4.79 Å². The molecule has 0 saturated heterocycles. The van der Waals surface area contributed by atoms with E-state index in [1.165, 1.54) is 7.11 Å². The molecule has 0 bridgehead atoms. The molecule has 0 aliphatic heterocycles. The summed E-state index contributed by atoms with van der Waals surface area (Å²) in [4.78, 5) is 22.2. The van der Waals surface area contributed by atoms with Crippen LogP contribution in [0.1, 0.15) is 30.1 Å². The lowest BCUT2D eigenvalue weighted by Gasteiger charge is -2.11.